The van der Waals surface area contributed by atoms with E-state index in [1.54, 1.807) is 24.3 Å². The van der Waals surface area contributed by atoms with Crippen LogP contribution in [0.4, 0.5) is 11.4 Å². The van der Waals surface area contributed by atoms with Crippen LogP contribution in [-0.4, -0.2) is 21.3 Å². The van der Waals surface area contributed by atoms with E-state index in [2.05, 4.69) is 0 Å². The van der Waals surface area contributed by atoms with Crippen molar-refractivity contribution in [2.24, 2.45) is 0 Å². The first-order valence-corrected chi connectivity index (χ1v) is 5.27. The molecule has 2 rings (SSSR count). The number of aromatic carboxylic acids is 1. The van der Waals surface area contributed by atoms with E-state index in [9.17, 15) is 4.79 Å². The van der Waals surface area contributed by atoms with Crippen LogP contribution in [0.25, 0.3) is 0 Å². The molecule has 0 unspecified atom stereocenters. The number of nitrogen functional groups attached to an aromatic ring is 2. The summed E-state index contributed by atoms with van der Waals surface area (Å²) >= 11 is 0. The van der Waals surface area contributed by atoms with E-state index in [4.69, 9.17) is 26.8 Å². The first-order valence-electron chi connectivity index (χ1n) is 5.27. The van der Waals surface area contributed by atoms with Gasteiger partial charge in [-0.1, -0.05) is 18.2 Å². The molecule has 0 saturated carbocycles. The van der Waals surface area contributed by atoms with Crippen molar-refractivity contribution in [2.45, 2.75) is 0 Å². The fourth-order valence-corrected chi connectivity index (χ4v) is 1.22. The Kier molecular flexibility index (Phi) is 4.59. The number of phenolic OH excluding ortho intramolecular Hbond substituents is 1. The lowest BCUT2D eigenvalue weighted by atomic mass is 10.2. The Hall–Kier alpha value is -2.89. The van der Waals surface area contributed by atoms with Gasteiger partial charge in [0.25, 0.3) is 0 Å². The van der Waals surface area contributed by atoms with Gasteiger partial charge in [0.15, 0.2) is 5.75 Å². The molecule has 0 aliphatic carbocycles. The molecule has 0 amide bonds. The minimum Gasteiger partial charge on any atom is -0.506 e. The van der Waals surface area contributed by atoms with E-state index in [1.807, 2.05) is 0 Å². The maximum absolute atomic E-state index is 10.4. The first kappa shape index (κ1) is 14.2. The molecule has 6 heteroatoms. The average molecular weight is 262 g/mol. The number of rotatable bonds is 1. The predicted molar refractivity (Wildman–Crippen MR) is 72.0 cm³/mol. The Morgan fingerprint density at radius 2 is 1.47 bits per heavy atom. The van der Waals surface area contributed by atoms with Gasteiger partial charge in [-0.3, -0.25) is 0 Å². The number of carbonyl (C=O) groups is 1. The van der Waals surface area contributed by atoms with Crippen LogP contribution in [-0.2, 0) is 0 Å². The van der Waals surface area contributed by atoms with Crippen molar-refractivity contribution >= 4 is 17.3 Å². The zero-order valence-corrected chi connectivity index (χ0v) is 9.95. The standard InChI is InChI=1S/C7H7NO3.C6H7NO/c8-5-3-1-2-4(6(5)9)7(10)11;7-5-3-1-2-4-6(5)8/h1-3,9H,8H2,(H,10,11);1-4,8H,7H2. The summed E-state index contributed by atoms with van der Waals surface area (Å²) in [5.74, 6) is -1.41. The normalized spacial score (nSPS) is 9.26. The number of carboxylic acids is 1. The molecule has 0 bridgehead atoms. The van der Waals surface area contributed by atoms with Crippen molar-refractivity contribution in [3.8, 4) is 11.5 Å². The third-order valence-electron chi connectivity index (χ3n) is 2.23. The van der Waals surface area contributed by atoms with Crippen molar-refractivity contribution < 1.29 is 20.1 Å². The number of hydrogen-bond acceptors (Lipinski definition) is 5. The topological polar surface area (TPSA) is 130 Å². The lowest BCUT2D eigenvalue weighted by Gasteiger charge is -2.00. The number of carboxylic acid groups (broad SMARTS) is 1. The number of hydrogen-bond donors (Lipinski definition) is 5. The highest BCUT2D eigenvalue weighted by Crippen LogP contribution is 2.23. The van der Waals surface area contributed by atoms with Crippen molar-refractivity contribution in [3.05, 3.63) is 48.0 Å². The lowest BCUT2D eigenvalue weighted by Crippen LogP contribution is -1.98. The Labute approximate surface area is 109 Å². The second-order valence-corrected chi connectivity index (χ2v) is 3.61. The van der Waals surface area contributed by atoms with E-state index in [1.165, 1.54) is 18.2 Å². The average Bonchev–Trinajstić information content (AvgIpc) is 2.37. The summed E-state index contributed by atoms with van der Waals surface area (Å²) in [6, 6.07) is 10.9. The Balaban J connectivity index is 0.000000200. The molecule has 0 aliphatic heterocycles. The number of para-hydroxylation sites is 3. The van der Waals surface area contributed by atoms with Crippen LogP contribution in [0, 0.1) is 0 Å². The Bertz CT molecular complexity index is 564. The fraction of sp³-hybridized carbons (Fsp3) is 0. The van der Waals surface area contributed by atoms with Crippen LogP contribution < -0.4 is 11.5 Å². The van der Waals surface area contributed by atoms with Crippen LogP contribution in [0.15, 0.2) is 42.5 Å². The van der Waals surface area contributed by atoms with Crippen LogP contribution in [0.3, 0.4) is 0 Å². The zero-order chi connectivity index (χ0) is 14.4. The molecule has 0 aromatic heterocycles. The Morgan fingerprint density at radius 1 is 0.895 bits per heavy atom. The zero-order valence-electron chi connectivity index (χ0n) is 9.95. The predicted octanol–water partition coefficient (Wildman–Crippen LogP) is 1.65. The fourth-order valence-electron chi connectivity index (χ4n) is 1.22. The van der Waals surface area contributed by atoms with Gasteiger partial charge in [0.05, 0.1) is 11.4 Å². The summed E-state index contributed by atoms with van der Waals surface area (Å²) in [7, 11) is 0. The van der Waals surface area contributed by atoms with E-state index in [0.717, 1.165) is 0 Å². The summed E-state index contributed by atoms with van der Waals surface area (Å²) in [5.41, 5.74) is 10.8. The second-order valence-electron chi connectivity index (χ2n) is 3.61. The van der Waals surface area contributed by atoms with Gasteiger partial charge in [0.2, 0.25) is 0 Å². The summed E-state index contributed by atoms with van der Waals surface area (Å²) in [6.07, 6.45) is 0. The lowest BCUT2D eigenvalue weighted by molar-refractivity contribution is 0.0694. The Morgan fingerprint density at radius 3 is 1.89 bits per heavy atom. The van der Waals surface area contributed by atoms with Crippen molar-refractivity contribution in [1.82, 2.24) is 0 Å². The highest BCUT2D eigenvalue weighted by atomic mass is 16.4. The maximum Gasteiger partial charge on any atom is 0.339 e. The first-order chi connectivity index (χ1) is 8.93. The minimum absolute atomic E-state index is 0.0740. The molecular weight excluding hydrogens is 248 g/mol. The molecule has 0 fully saturated rings. The molecule has 0 spiro atoms. The summed E-state index contributed by atoms with van der Waals surface area (Å²) in [5, 5.41) is 26.3. The summed E-state index contributed by atoms with van der Waals surface area (Å²) in [4.78, 5) is 10.4. The molecule has 100 valence electrons. The largest absolute Gasteiger partial charge is 0.506 e. The molecule has 0 atom stereocenters. The number of benzene rings is 2. The second kappa shape index (κ2) is 6.15. The van der Waals surface area contributed by atoms with Gasteiger partial charge < -0.3 is 26.8 Å². The van der Waals surface area contributed by atoms with Gasteiger partial charge in [0.1, 0.15) is 11.3 Å². The molecule has 2 aromatic rings. The van der Waals surface area contributed by atoms with Crippen LogP contribution >= 0.6 is 0 Å². The third-order valence-corrected chi connectivity index (χ3v) is 2.23. The number of aromatic hydroxyl groups is 2. The van der Waals surface area contributed by atoms with Crippen molar-refractivity contribution in [3.63, 3.8) is 0 Å². The molecule has 6 nitrogen and oxygen atoms in total. The molecule has 0 heterocycles. The van der Waals surface area contributed by atoms with Gasteiger partial charge >= 0.3 is 5.97 Å². The van der Waals surface area contributed by atoms with Gasteiger partial charge in [-0.05, 0) is 24.3 Å². The SMILES string of the molecule is Nc1cccc(C(=O)O)c1O.Nc1ccccc1O. The van der Waals surface area contributed by atoms with E-state index in [-0.39, 0.29) is 22.7 Å². The number of phenols is 2. The molecule has 0 aliphatic rings. The highest BCUT2D eigenvalue weighted by molar-refractivity contribution is 5.92. The smallest absolute Gasteiger partial charge is 0.339 e. The monoisotopic (exact) mass is 262 g/mol. The number of anilines is 2. The van der Waals surface area contributed by atoms with Crippen LogP contribution in [0.5, 0.6) is 11.5 Å². The van der Waals surface area contributed by atoms with Crippen LogP contribution in [0.1, 0.15) is 10.4 Å². The summed E-state index contributed by atoms with van der Waals surface area (Å²) < 4.78 is 0. The molecule has 0 radical (unpaired) electrons. The molecular formula is C13H14N2O4. The van der Waals surface area contributed by atoms with E-state index < -0.39 is 5.97 Å². The molecule has 0 saturated heterocycles. The maximum atomic E-state index is 10.4. The molecule has 19 heavy (non-hydrogen) atoms. The van der Waals surface area contributed by atoms with Gasteiger partial charge in [-0.25, -0.2) is 4.79 Å². The van der Waals surface area contributed by atoms with Gasteiger partial charge in [-0.2, -0.15) is 0 Å². The molecule has 7 N–H and O–H groups in total. The van der Waals surface area contributed by atoms with Gasteiger partial charge in [0, 0.05) is 0 Å². The quantitative estimate of drug-likeness (QED) is 0.392. The van der Waals surface area contributed by atoms with E-state index >= 15 is 0 Å². The van der Waals surface area contributed by atoms with Crippen LogP contribution in [0.2, 0.25) is 0 Å². The van der Waals surface area contributed by atoms with E-state index in [0.29, 0.717) is 5.69 Å². The number of nitrogens with two attached hydrogens (primary N) is 2. The third kappa shape index (κ3) is 3.81. The van der Waals surface area contributed by atoms with Crippen molar-refractivity contribution in [2.75, 3.05) is 11.5 Å². The highest BCUT2D eigenvalue weighted by Gasteiger charge is 2.09. The summed E-state index contributed by atoms with van der Waals surface area (Å²) in [6.45, 7) is 0. The molecule has 2 aromatic carbocycles. The van der Waals surface area contributed by atoms with Crippen molar-refractivity contribution in [1.29, 1.82) is 0 Å². The van der Waals surface area contributed by atoms with Gasteiger partial charge in [-0.15, -0.1) is 0 Å². The minimum atomic E-state index is -1.19.